The molecular weight excluding hydrogens is 1220 g/mol. The summed E-state index contributed by atoms with van der Waals surface area (Å²) in [7, 11) is 0. The van der Waals surface area contributed by atoms with Gasteiger partial charge in [0.05, 0.1) is 54.0 Å². The fourth-order valence-electron chi connectivity index (χ4n) is 8.05. The molecule has 2 unspecified atom stereocenters. The van der Waals surface area contributed by atoms with Crippen LogP contribution in [0.5, 0.6) is 11.5 Å². The molecule has 2 atom stereocenters. The molecule has 0 bridgehead atoms. The molecule has 84 heavy (non-hydrogen) atoms. The van der Waals surface area contributed by atoms with Crippen molar-refractivity contribution in [1.82, 2.24) is 19.8 Å². The topological polar surface area (TPSA) is 193 Å². The number of fused-ring (bicyclic) bond motifs is 2. The third-order valence-electron chi connectivity index (χ3n) is 12.1. The van der Waals surface area contributed by atoms with Crippen molar-refractivity contribution in [1.29, 1.82) is 0 Å². The number of benzene rings is 6. The van der Waals surface area contributed by atoms with E-state index in [2.05, 4.69) is 25.9 Å². The molecule has 2 saturated heterocycles. The van der Waals surface area contributed by atoms with Gasteiger partial charge in [-0.15, -0.1) is 0 Å². The first kappa shape index (κ1) is 67.1. The lowest BCUT2D eigenvalue weighted by Crippen LogP contribution is -2.43. The molecule has 2 aliphatic heterocycles. The number of amides is 2. The first-order chi connectivity index (χ1) is 38.7. The number of carbonyl (C=O) groups is 4. The standard InChI is InChI=1S/C28H22ClF3N2O6.C22H13ClF3NO4.C6H10BrNO2.3CH4/c29-19-8-9-22(20(15-19)26-33-21-6-1-2-7-23(21)40-26)39-25(17-4-3-5-18(14-17)28(30,31)32)27(36)38-16-24(35)34-10-12-37-13-11-34;23-14-8-9-17(15(11-14)20-27-16-6-1-2-7-18(16)31-20)30-19(21(28)29)12-4-3-5-13(10-12)22(24,25)26;7-5-6(9)8-1-3-10-4-2-8;;;/h1-9,14-15,25H,10-13,16H2;1-11,19H,(H,28,29);1-5H2;3*1H4. The molecule has 2 amide bonds. The second-order valence-corrected chi connectivity index (χ2v) is 19.0. The predicted octanol–water partition coefficient (Wildman–Crippen LogP) is 14.2. The summed E-state index contributed by atoms with van der Waals surface area (Å²) >= 11 is 15.4. The van der Waals surface area contributed by atoms with Gasteiger partial charge in [0.25, 0.3) is 5.91 Å². The molecule has 4 heterocycles. The Bertz CT molecular complexity index is 3450. The number of rotatable bonds is 13. The van der Waals surface area contributed by atoms with Crippen LogP contribution < -0.4 is 9.47 Å². The Morgan fingerprint density at radius 3 is 1.40 bits per heavy atom. The number of alkyl halides is 7. The highest BCUT2D eigenvalue weighted by atomic mass is 79.9. The van der Waals surface area contributed by atoms with Gasteiger partial charge in [-0.3, -0.25) is 9.59 Å². The van der Waals surface area contributed by atoms with E-state index in [0.717, 1.165) is 49.5 Å². The maximum Gasteiger partial charge on any atom is 0.416 e. The summed E-state index contributed by atoms with van der Waals surface area (Å²) in [5.74, 6) is -2.47. The van der Waals surface area contributed by atoms with Crippen LogP contribution in [-0.4, -0.2) is 113 Å². The number of carboxylic acid groups (broad SMARTS) is 1. The Morgan fingerprint density at radius 2 is 0.988 bits per heavy atom. The number of carbonyl (C=O) groups excluding carboxylic acids is 3. The fraction of sp³-hybridized carbons (Fsp3) is 0.288. The minimum atomic E-state index is -4.67. The number of nitrogens with zero attached hydrogens (tertiary/aromatic N) is 4. The van der Waals surface area contributed by atoms with Gasteiger partial charge in [-0.2, -0.15) is 26.3 Å². The van der Waals surface area contributed by atoms with Crippen LogP contribution in [0.15, 0.2) is 142 Å². The van der Waals surface area contributed by atoms with Gasteiger partial charge in [0.15, 0.2) is 17.8 Å². The van der Waals surface area contributed by atoms with E-state index in [1.54, 1.807) is 53.4 Å². The minimum absolute atomic E-state index is 0. The van der Waals surface area contributed by atoms with Crippen LogP contribution in [0.3, 0.4) is 0 Å². The first-order valence-corrected chi connectivity index (χ1v) is 26.3. The van der Waals surface area contributed by atoms with Crippen molar-refractivity contribution in [2.45, 2.75) is 46.8 Å². The van der Waals surface area contributed by atoms with E-state index >= 15 is 0 Å². The summed E-state index contributed by atoms with van der Waals surface area (Å²) in [6.07, 6.45) is -12.7. The SMILES string of the molecule is C.C.C.O=C(CBr)N1CCOCC1.O=C(O)C(Oc1ccc(Cl)cc1-c1nc2ccccc2o1)c1cccc(C(F)(F)F)c1.O=C(OCC(=O)N1CCOCC1)C(Oc1ccc(Cl)cc1-c1nc2ccccc2o1)c1cccc(C(F)(F)F)c1. The van der Waals surface area contributed by atoms with Crippen LogP contribution >= 0.6 is 39.1 Å². The summed E-state index contributed by atoms with van der Waals surface area (Å²) in [4.78, 5) is 60.7. The number of morpholine rings is 2. The Balaban J connectivity index is 0.000000261. The summed E-state index contributed by atoms with van der Waals surface area (Å²) in [5.41, 5.74) is 0.379. The third-order valence-corrected chi connectivity index (χ3v) is 13.0. The van der Waals surface area contributed by atoms with Crippen LogP contribution in [0.25, 0.3) is 45.1 Å². The van der Waals surface area contributed by atoms with Crippen molar-refractivity contribution in [2.24, 2.45) is 0 Å². The van der Waals surface area contributed by atoms with Gasteiger partial charge in [-0.05, 0) is 84.9 Å². The van der Waals surface area contributed by atoms with Gasteiger partial charge in [-0.1, -0.05) is 110 Å². The lowest BCUT2D eigenvalue weighted by molar-refractivity contribution is -0.159. The van der Waals surface area contributed by atoms with Gasteiger partial charge in [0.2, 0.25) is 29.9 Å². The van der Waals surface area contributed by atoms with Gasteiger partial charge in [-0.25, -0.2) is 19.6 Å². The molecule has 2 aromatic heterocycles. The van der Waals surface area contributed by atoms with E-state index < -0.39 is 60.1 Å². The molecule has 0 saturated carbocycles. The average Bonchev–Trinajstić information content (AvgIpc) is 3.96. The van der Waals surface area contributed by atoms with Crippen molar-refractivity contribution in [3.63, 3.8) is 0 Å². The van der Waals surface area contributed by atoms with Crippen LogP contribution in [0, 0.1) is 0 Å². The molecule has 10 rings (SSSR count). The molecule has 8 aromatic rings. The summed E-state index contributed by atoms with van der Waals surface area (Å²) in [5, 5.41) is 10.7. The first-order valence-electron chi connectivity index (χ1n) is 24.4. The number of hydrogen-bond acceptors (Lipinski definition) is 13. The van der Waals surface area contributed by atoms with Crippen molar-refractivity contribution in [2.75, 3.05) is 64.5 Å². The zero-order valence-electron chi connectivity index (χ0n) is 42.1. The van der Waals surface area contributed by atoms with Crippen molar-refractivity contribution in [3.05, 3.63) is 166 Å². The zero-order chi connectivity index (χ0) is 57.8. The Labute approximate surface area is 497 Å². The number of carboxylic acids is 1. The molecule has 0 spiro atoms. The number of hydrogen-bond donors (Lipinski definition) is 1. The third kappa shape index (κ3) is 17.4. The monoisotopic (exact) mass is 1280 g/mol. The zero-order valence-corrected chi connectivity index (χ0v) is 45.2. The summed E-state index contributed by atoms with van der Waals surface area (Å²) in [6.45, 7) is 3.60. The lowest BCUT2D eigenvalue weighted by Gasteiger charge is -2.27. The van der Waals surface area contributed by atoms with Crippen molar-refractivity contribution < 1.29 is 83.1 Å². The molecule has 2 aliphatic rings. The van der Waals surface area contributed by atoms with Crippen LogP contribution in [0.2, 0.25) is 10.0 Å². The molecule has 448 valence electrons. The van der Waals surface area contributed by atoms with E-state index in [1.165, 1.54) is 53.4 Å². The Hall–Kier alpha value is -7.70. The molecule has 0 aliphatic carbocycles. The van der Waals surface area contributed by atoms with Crippen LogP contribution in [0.4, 0.5) is 26.3 Å². The quantitative estimate of drug-likeness (QED) is 0.0651. The number of oxazole rings is 2. The second kappa shape index (κ2) is 30.2. The molecular formula is C59H57BrCl2F6N4O12. The highest BCUT2D eigenvalue weighted by Gasteiger charge is 2.35. The van der Waals surface area contributed by atoms with E-state index in [-0.39, 0.29) is 73.7 Å². The molecule has 25 heteroatoms. The summed E-state index contributed by atoms with van der Waals surface area (Å²) in [6, 6.07) is 30.9. The van der Waals surface area contributed by atoms with Crippen molar-refractivity contribution >= 4 is 85.1 Å². The van der Waals surface area contributed by atoms with Gasteiger partial charge < -0.3 is 47.4 Å². The average molecular weight is 1280 g/mol. The van der Waals surface area contributed by atoms with E-state index in [1.807, 2.05) is 0 Å². The van der Waals surface area contributed by atoms with Gasteiger partial charge >= 0.3 is 24.3 Å². The number of halogens is 9. The maximum absolute atomic E-state index is 13.5. The highest BCUT2D eigenvalue weighted by molar-refractivity contribution is 9.09. The van der Waals surface area contributed by atoms with E-state index in [9.17, 15) is 50.6 Å². The number of para-hydroxylation sites is 4. The lowest BCUT2D eigenvalue weighted by atomic mass is 10.1. The molecule has 6 aromatic carbocycles. The molecule has 0 radical (unpaired) electrons. The number of aromatic nitrogens is 2. The number of aliphatic carboxylic acids is 1. The molecule has 2 fully saturated rings. The van der Waals surface area contributed by atoms with Crippen LogP contribution in [0.1, 0.15) is 56.7 Å². The van der Waals surface area contributed by atoms with Gasteiger partial charge in [0, 0.05) is 47.4 Å². The smallest absolute Gasteiger partial charge is 0.416 e. The highest BCUT2D eigenvalue weighted by Crippen LogP contribution is 2.40. The largest absolute Gasteiger partial charge is 0.478 e. The van der Waals surface area contributed by atoms with Gasteiger partial charge in [0.1, 0.15) is 22.5 Å². The van der Waals surface area contributed by atoms with Crippen molar-refractivity contribution in [3.8, 4) is 34.4 Å². The minimum Gasteiger partial charge on any atom is -0.478 e. The summed E-state index contributed by atoms with van der Waals surface area (Å²) < 4.78 is 118. The molecule has 1 N–H and O–H groups in total. The van der Waals surface area contributed by atoms with E-state index in [4.69, 9.17) is 55.7 Å². The van der Waals surface area contributed by atoms with Crippen LogP contribution in [-0.2, 0) is 45.7 Å². The normalized spacial score (nSPS) is 13.9. The number of ether oxygens (including phenoxy) is 5. The fourth-order valence-corrected chi connectivity index (χ4v) is 8.75. The second-order valence-electron chi connectivity index (χ2n) is 17.6. The predicted molar refractivity (Wildman–Crippen MR) is 306 cm³/mol. The maximum atomic E-state index is 13.5. The number of esters is 1. The molecule has 16 nitrogen and oxygen atoms in total. The Morgan fingerprint density at radius 1 is 0.571 bits per heavy atom. The van der Waals surface area contributed by atoms with E-state index in [0.29, 0.717) is 77.1 Å². The Kier molecular flexibility index (Phi) is 24.1.